The molecule has 0 bridgehead atoms. The number of halogens is 1. The predicted molar refractivity (Wildman–Crippen MR) is 112 cm³/mol. The van der Waals surface area contributed by atoms with Gasteiger partial charge in [0, 0.05) is 29.3 Å². The molecule has 0 fully saturated rings. The summed E-state index contributed by atoms with van der Waals surface area (Å²) in [7, 11) is 0. The zero-order valence-electron chi connectivity index (χ0n) is 16.3. The molecule has 7 heteroatoms. The molecule has 0 spiro atoms. The number of aliphatic hydroxyl groups excluding tert-OH is 1. The Morgan fingerprint density at radius 3 is 2.83 bits per heavy atom. The molecule has 2 aromatic carbocycles. The molecule has 0 saturated heterocycles. The topological polar surface area (TPSA) is 84.6 Å². The first-order chi connectivity index (χ1) is 14.6. The normalized spacial score (nSPS) is 24.0. The Balaban J connectivity index is 1.65. The van der Waals surface area contributed by atoms with E-state index >= 15 is 0 Å². The van der Waals surface area contributed by atoms with Crippen LogP contribution in [0.5, 0.6) is 0 Å². The lowest BCUT2D eigenvalue weighted by Crippen LogP contribution is -2.88. The van der Waals surface area contributed by atoms with Crippen molar-refractivity contribution in [2.45, 2.75) is 30.8 Å². The van der Waals surface area contributed by atoms with Crippen molar-refractivity contribution in [1.82, 2.24) is 14.8 Å². The fourth-order valence-corrected chi connectivity index (χ4v) is 5.02. The van der Waals surface area contributed by atoms with Crippen molar-refractivity contribution in [2.24, 2.45) is 0 Å². The number of aliphatic hydroxyl groups is 1. The van der Waals surface area contributed by atoms with Crippen LogP contribution in [0.3, 0.4) is 0 Å². The first-order valence-electron chi connectivity index (χ1n) is 10.1. The number of Topliss-reactive ketones (excluding diaryl/α,β-unsaturated/α-hetero) is 1. The molecule has 1 aliphatic carbocycles. The Bertz CT molecular complexity index is 1130. The molecule has 2 aliphatic rings. The van der Waals surface area contributed by atoms with Crippen LogP contribution in [0.25, 0.3) is 0 Å². The van der Waals surface area contributed by atoms with E-state index in [2.05, 4.69) is 27.5 Å². The molecule has 152 valence electrons. The Kier molecular flexibility index (Phi) is 4.89. The van der Waals surface area contributed by atoms with Gasteiger partial charge in [-0.3, -0.25) is 4.79 Å². The molecule has 3 atom stereocenters. The summed E-state index contributed by atoms with van der Waals surface area (Å²) in [6.07, 6.45) is 4.26. The third kappa shape index (κ3) is 3.22. The van der Waals surface area contributed by atoms with Crippen molar-refractivity contribution in [3.8, 4) is 0 Å². The second kappa shape index (κ2) is 7.70. The van der Waals surface area contributed by atoms with Crippen LogP contribution in [0.2, 0.25) is 5.02 Å². The van der Waals surface area contributed by atoms with Crippen molar-refractivity contribution in [3.63, 3.8) is 0 Å². The first-order valence-corrected chi connectivity index (χ1v) is 10.5. The summed E-state index contributed by atoms with van der Waals surface area (Å²) in [4.78, 5) is 17.5. The van der Waals surface area contributed by atoms with Crippen molar-refractivity contribution in [1.29, 1.82) is 0 Å². The SMILES string of the molecule is O=C1C[C@H](c2cccc(Cl)c2)[C@@H](n2cncn2)C(O)=C1[C@@H]1[NH2+]CCc2ccccc21. The summed E-state index contributed by atoms with van der Waals surface area (Å²) in [5.41, 5.74) is 3.69. The molecule has 30 heavy (non-hydrogen) atoms. The van der Waals surface area contributed by atoms with Gasteiger partial charge in [0.15, 0.2) is 5.78 Å². The van der Waals surface area contributed by atoms with Gasteiger partial charge in [0.1, 0.15) is 30.5 Å². The predicted octanol–water partition coefficient (Wildman–Crippen LogP) is 2.90. The quantitative estimate of drug-likeness (QED) is 0.681. The lowest BCUT2D eigenvalue weighted by molar-refractivity contribution is -0.690. The molecule has 0 amide bonds. The van der Waals surface area contributed by atoms with E-state index in [9.17, 15) is 9.90 Å². The molecule has 0 saturated carbocycles. The van der Waals surface area contributed by atoms with Crippen LogP contribution in [0.1, 0.15) is 41.1 Å². The van der Waals surface area contributed by atoms with Gasteiger partial charge >= 0.3 is 0 Å². The monoisotopic (exact) mass is 421 g/mol. The largest absolute Gasteiger partial charge is 0.509 e. The third-order valence-corrected chi connectivity index (χ3v) is 6.39. The molecule has 1 aliphatic heterocycles. The van der Waals surface area contributed by atoms with Gasteiger partial charge in [-0.2, -0.15) is 5.10 Å². The molecule has 0 unspecified atom stereocenters. The third-order valence-electron chi connectivity index (χ3n) is 6.16. The number of benzene rings is 2. The highest BCUT2D eigenvalue weighted by Crippen LogP contribution is 2.44. The number of nitrogens with two attached hydrogens (primary N) is 1. The van der Waals surface area contributed by atoms with Crippen LogP contribution >= 0.6 is 11.6 Å². The van der Waals surface area contributed by atoms with Gasteiger partial charge < -0.3 is 10.4 Å². The van der Waals surface area contributed by atoms with E-state index in [0.29, 0.717) is 10.6 Å². The van der Waals surface area contributed by atoms with E-state index in [4.69, 9.17) is 11.6 Å². The molecule has 2 heterocycles. The number of nitrogens with zero attached hydrogens (tertiary/aromatic N) is 3. The van der Waals surface area contributed by atoms with Crippen LogP contribution in [-0.2, 0) is 11.2 Å². The van der Waals surface area contributed by atoms with Gasteiger partial charge in [-0.15, -0.1) is 0 Å². The summed E-state index contributed by atoms with van der Waals surface area (Å²) in [5, 5.41) is 18.5. The minimum atomic E-state index is -0.513. The highest BCUT2D eigenvalue weighted by Gasteiger charge is 2.44. The van der Waals surface area contributed by atoms with Gasteiger partial charge in [-0.25, -0.2) is 9.67 Å². The van der Waals surface area contributed by atoms with Crippen LogP contribution in [0, 0.1) is 0 Å². The zero-order chi connectivity index (χ0) is 20.7. The summed E-state index contributed by atoms with van der Waals surface area (Å²) < 4.78 is 1.64. The molecule has 3 aromatic rings. The van der Waals surface area contributed by atoms with Gasteiger partial charge in [0.05, 0.1) is 12.1 Å². The zero-order valence-corrected chi connectivity index (χ0v) is 17.0. The number of fused-ring (bicyclic) bond motifs is 1. The average Bonchev–Trinajstić information content (AvgIpc) is 3.28. The molecule has 6 nitrogen and oxygen atoms in total. The molecule has 5 rings (SSSR count). The van der Waals surface area contributed by atoms with E-state index in [-0.39, 0.29) is 29.9 Å². The lowest BCUT2D eigenvalue weighted by atomic mass is 9.75. The van der Waals surface area contributed by atoms with E-state index in [1.54, 1.807) is 17.1 Å². The van der Waals surface area contributed by atoms with E-state index in [0.717, 1.165) is 24.1 Å². The maximum absolute atomic E-state index is 13.4. The Hall–Kier alpha value is -2.96. The number of rotatable bonds is 3. The molecule has 1 aromatic heterocycles. The second-order valence-electron chi connectivity index (χ2n) is 7.86. The van der Waals surface area contributed by atoms with Gasteiger partial charge in [0.2, 0.25) is 0 Å². The standard InChI is InChI=1S/C23H21ClN4O2/c24-16-6-3-5-15(10-16)18-11-19(29)20(23(30)22(18)28-13-25-12-27-28)21-17-7-2-1-4-14(17)8-9-26-21/h1-7,10,12-13,18,21-22,26,30H,8-9,11H2/p+1/t18-,21-,22-/m1/s1. The van der Waals surface area contributed by atoms with E-state index < -0.39 is 6.04 Å². The van der Waals surface area contributed by atoms with Crippen LogP contribution in [-0.4, -0.2) is 32.2 Å². The Morgan fingerprint density at radius 2 is 2.03 bits per heavy atom. The number of hydrogen-bond acceptors (Lipinski definition) is 4. The minimum absolute atomic E-state index is 0.0354. The number of carbonyl (C=O) groups excluding carboxylic acids is 1. The number of ketones is 1. The number of allylic oxidation sites excluding steroid dienone is 1. The van der Waals surface area contributed by atoms with Crippen LogP contribution < -0.4 is 5.32 Å². The Labute approximate surface area is 179 Å². The summed E-state index contributed by atoms with van der Waals surface area (Å²) in [5.74, 6) is -0.244. The Morgan fingerprint density at radius 1 is 1.17 bits per heavy atom. The van der Waals surface area contributed by atoms with Gasteiger partial charge in [0.25, 0.3) is 0 Å². The average molecular weight is 422 g/mol. The first kappa shape index (κ1) is 19.0. The maximum Gasteiger partial charge on any atom is 0.169 e. The fourth-order valence-electron chi connectivity index (χ4n) is 4.83. The highest BCUT2D eigenvalue weighted by atomic mass is 35.5. The second-order valence-corrected chi connectivity index (χ2v) is 8.30. The van der Waals surface area contributed by atoms with Gasteiger partial charge in [-0.1, -0.05) is 48.0 Å². The maximum atomic E-state index is 13.4. The van der Waals surface area contributed by atoms with Crippen molar-refractivity contribution in [2.75, 3.05) is 6.54 Å². The summed E-state index contributed by atoms with van der Waals surface area (Å²) in [6, 6.07) is 14.9. The summed E-state index contributed by atoms with van der Waals surface area (Å²) >= 11 is 6.22. The lowest BCUT2D eigenvalue weighted by Gasteiger charge is -2.35. The van der Waals surface area contributed by atoms with Crippen molar-refractivity contribution < 1.29 is 15.2 Å². The molecular weight excluding hydrogens is 400 g/mol. The highest BCUT2D eigenvalue weighted by molar-refractivity contribution is 6.30. The number of aromatic nitrogens is 3. The summed E-state index contributed by atoms with van der Waals surface area (Å²) in [6.45, 7) is 0.872. The van der Waals surface area contributed by atoms with E-state index in [1.165, 1.54) is 11.9 Å². The van der Waals surface area contributed by atoms with E-state index in [1.807, 2.05) is 30.3 Å². The smallest absolute Gasteiger partial charge is 0.169 e. The molecular formula is C23H22ClN4O2+. The van der Waals surface area contributed by atoms with Crippen molar-refractivity contribution in [3.05, 3.63) is 94.2 Å². The van der Waals surface area contributed by atoms with Crippen LogP contribution in [0.4, 0.5) is 0 Å². The number of quaternary nitrogens is 1. The fraction of sp³-hybridized carbons (Fsp3) is 0.261. The van der Waals surface area contributed by atoms with Gasteiger partial charge in [-0.05, 0) is 23.3 Å². The van der Waals surface area contributed by atoms with Crippen molar-refractivity contribution >= 4 is 17.4 Å². The number of carbonyl (C=O) groups is 1. The molecule has 0 radical (unpaired) electrons. The van der Waals surface area contributed by atoms with Crippen LogP contribution in [0.15, 0.2) is 72.5 Å². The molecule has 3 N–H and O–H groups in total. The minimum Gasteiger partial charge on any atom is -0.509 e. The number of hydrogen-bond donors (Lipinski definition) is 2.